The molecule has 1 aromatic heterocycles. The highest BCUT2D eigenvalue weighted by molar-refractivity contribution is 5.26. The van der Waals surface area contributed by atoms with Crippen LogP contribution in [0.2, 0.25) is 0 Å². The Bertz CT molecular complexity index is 338. The van der Waals surface area contributed by atoms with Crippen molar-refractivity contribution in [2.75, 3.05) is 6.61 Å². The average molecular weight is 209 g/mol. The van der Waals surface area contributed by atoms with Crippen molar-refractivity contribution in [3.8, 4) is 0 Å². The second-order valence-corrected chi connectivity index (χ2v) is 4.30. The van der Waals surface area contributed by atoms with Gasteiger partial charge in [-0.05, 0) is 38.3 Å². The molecular weight excluding hydrogens is 190 g/mol. The fourth-order valence-corrected chi connectivity index (χ4v) is 2.31. The second kappa shape index (κ2) is 4.37. The zero-order chi connectivity index (χ0) is 10.8. The Labute approximate surface area is 90.7 Å². The minimum atomic E-state index is 0.130. The van der Waals surface area contributed by atoms with Gasteiger partial charge in [0.15, 0.2) is 0 Å². The molecule has 1 aliphatic rings. The van der Waals surface area contributed by atoms with Crippen molar-refractivity contribution in [1.82, 2.24) is 4.57 Å². The van der Waals surface area contributed by atoms with Crippen LogP contribution >= 0.6 is 0 Å². The lowest BCUT2D eigenvalue weighted by atomic mass is 10.2. The Hall–Kier alpha value is -0.800. The molecule has 2 heterocycles. The van der Waals surface area contributed by atoms with Gasteiger partial charge in [-0.2, -0.15) is 0 Å². The van der Waals surface area contributed by atoms with E-state index in [2.05, 4.69) is 24.5 Å². The standard InChI is InChI=1S/C12H19NO2/c1-9-6-11(8-14)10(2)13(9)7-12-4-3-5-15-12/h6,12,14H,3-5,7-8H2,1-2H3/t12-/m0/s1. The molecule has 84 valence electrons. The molecule has 1 aromatic rings. The summed E-state index contributed by atoms with van der Waals surface area (Å²) < 4.78 is 7.88. The topological polar surface area (TPSA) is 34.4 Å². The van der Waals surface area contributed by atoms with E-state index in [1.165, 1.54) is 17.8 Å². The number of aliphatic hydroxyl groups excluding tert-OH is 1. The molecule has 2 rings (SSSR count). The Morgan fingerprint density at radius 2 is 2.33 bits per heavy atom. The van der Waals surface area contributed by atoms with Gasteiger partial charge in [-0.3, -0.25) is 0 Å². The van der Waals surface area contributed by atoms with E-state index in [4.69, 9.17) is 4.74 Å². The van der Waals surface area contributed by atoms with Gasteiger partial charge in [0.1, 0.15) is 0 Å². The number of rotatable bonds is 3. The van der Waals surface area contributed by atoms with Crippen LogP contribution in [0.15, 0.2) is 6.07 Å². The van der Waals surface area contributed by atoms with Crippen LogP contribution in [0.25, 0.3) is 0 Å². The van der Waals surface area contributed by atoms with Crippen molar-refractivity contribution >= 4 is 0 Å². The highest BCUT2D eigenvalue weighted by atomic mass is 16.5. The van der Waals surface area contributed by atoms with E-state index < -0.39 is 0 Å². The second-order valence-electron chi connectivity index (χ2n) is 4.30. The summed E-state index contributed by atoms with van der Waals surface area (Å²) in [5.41, 5.74) is 3.42. The quantitative estimate of drug-likeness (QED) is 0.823. The van der Waals surface area contributed by atoms with Crippen molar-refractivity contribution in [3.63, 3.8) is 0 Å². The molecule has 0 aliphatic carbocycles. The fraction of sp³-hybridized carbons (Fsp3) is 0.667. The molecule has 3 heteroatoms. The Morgan fingerprint density at radius 3 is 2.87 bits per heavy atom. The lowest BCUT2D eigenvalue weighted by Crippen LogP contribution is -2.16. The highest BCUT2D eigenvalue weighted by Crippen LogP contribution is 2.20. The molecule has 15 heavy (non-hydrogen) atoms. The van der Waals surface area contributed by atoms with Gasteiger partial charge in [0, 0.05) is 24.5 Å². The molecule has 1 saturated heterocycles. The van der Waals surface area contributed by atoms with E-state index >= 15 is 0 Å². The van der Waals surface area contributed by atoms with Crippen molar-refractivity contribution in [1.29, 1.82) is 0 Å². The number of aryl methyl sites for hydroxylation is 1. The third-order valence-corrected chi connectivity index (χ3v) is 3.26. The van der Waals surface area contributed by atoms with Crippen LogP contribution in [0.5, 0.6) is 0 Å². The maximum Gasteiger partial charge on any atom is 0.0754 e. The van der Waals surface area contributed by atoms with Gasteiger partial charge in [-0.1, -0.05) is 0 Å². The van der Waals surface area contributed by atoms with Crippen LogP contribution in [0.3, 0.4) is 0 Å². The van der Waals surface area contributed by atoms with E-state index in [9.17, 15) is 5.11 Å². The molecule has 0 spiro atoms. The first kappa shape index (κ1) is 10.7. The zero-order valence-corrected chi connectivity index (χ0v) is 9.49. The maximum absolute atomic E-state index is 9.17. The maximum atomic E-state index is 9.17. The number of ether oxygens (including phenoxy) is 1. The summed E-state index contributed by atoms with van der Waals surface area (Å²) in [5.74, 6) is 0. The third kappa shape index (κ3) is 2.08. The molecule has 0 amide bonds. The molecule has 1 aliphatic heterocycles. The number of aliphatic hydroxyl groups is 1. The van der Waals surface area contributed by atoms with Crippen molar-refractivity contribution in [3.05, 3.63) is 23.0 Å². The molecule has 0 bridgehead atoms. The van der Waals surface area contributed by atoms with Gasteiger partial charge >= 0.3 is 0 Å². The summed E-state index contributed by atoms with van der Waals surface area (Å²) in [6.07, 6.45) is 2.70. The predicted octanol–water partition coefficient (Wildman–Crippen LogP) is 1.78. The normalized spacial score (nSPS) is 21.1. The minimum absolute atomic E-state index is 0.130. The van der Waals surface area contributed by atoms with Gasteiger partial charge in [0.05, 0.1) is 12.7 Å². The van der Waals surface area contributed by atoms with Gasteiger partial charge in [-0.25, -0.2) is 0 Å². The average Bonchev–Trinajstić information content (AvgIpc) is 2.81. The van der Waals surface area contributed by atoms with Crippen molar-refractivity contribution in [2.45, 2.75) is 45.9 Å². The van der Waals surface area contributed by atoms with E-state index in [0.717, 1.165) is 25.1 Å². The summed E-state index contributed by atoms with van der Waals surface area (Å²) in [6.45, 7) is 6.11. The largest absolute Gasteiger partial charge is 0.392 e. The van der Waals surface area contributed by atoms with Crippen LogP contribution in [-0.2, 0) is 17.9 Å². The molecule has 1 fully saturated rings. The first-order valence-electron chi connectivity index (χ1n) is 5.60. The number of aromatic nitrogens is 1. The van der Waals surface area contributed by atoms with Crippen LogP contribution < -0.4 is 0 Å². The van der Waals surface area contributed by atoms with Crippen molar-refractivity contribution in [2.24, 2.45) is 0 Å². The molecule has 0 unspecified atom stereocenters. The van der Waals surface area contributed by atoms with E-state index in [1.54, 1.807) is 0 Å². The molecule has 1 N–H and O–H groups in total. The van der Waals surface area contributed by atoms with Gasteiger partial charge in [-0.15, -0.1) is 0 Å². The summed E-state index contributed by atoms with van der Waals surface area (Å²) in [4.78, 5) is 0. The lowest BCUT2D eigenvalue weighted by Gasteiger charge is -2.14. The predicted molar refractivity (Wildman–Crippen MR) is 58.8 cm³/mol. The highest BCUT2D eigenvalue weighted by Gasteiger charge is 2.18. The lowest BCUT2D eigenvalue weighted by molar-refractivity contribution is 0.0961. The molecule has 3 nitrogen and oxygen atoms in total. The molecule has 0 aromatic carbocycles. The number of hydrogen-bond acceptors (Lipinski definition) is 2. The SMILES string of the molecule is Cc1cc(CO)c(C)n1C[C@@H]1CCCO1. The summed E-state index contributed by atoms with van der Waals surface area (Å²) in [7, 11) is 0. The van der Waals surface area contributed by atoms with Gasteiger partial charge < -0.3 is 14.4 Å². The van der Waals surface area contributed by atoms with Crippen LogP contribution in [0, 0.1) is 13.8 Å². The van der Waals surface area contributed by atoms with Crippen molar-refractivity contribution < 1.29 is 9.84 Å². The summed E-state index contributed by atoms with van der Waals surface area (Å²) >= 11 is 0. The minimum Gasteiger partial charge on any atom is -0.392 e. The van der Waals surface area contributed by atoms with E-state index in [0.29, 0.717) is 6.10 Å². The van der Waals surface area contributed by atoms with Crippen LogP contribution in [-0.4, -0.2) is 22.4 Å². The molecule has 0 saturated carbocycles. The first-order valence-corrected chi connectivity index (χ1v) is 5.60. The Morgan fingerprint density at radius 1 is 1.53 bits per heavy atom. The fourth-order valence-electron chi connectivity index (χ4n) is 2.31. The molecule has 0 radical (unpaired) electrons. The number of nitrogens with zero attached hydrogens (tertiary/aromatic N) is 1. The first-order chi connectivity index (χ1) is 7.22. The molecular formula is C12H19NO2. The monoisotopic (exact) mass is 209 g/mol. The summed E-state index contributed by atoms with van der Waals surface area (Å²) in [6, 6.07) is 2.06. The molecule has 1 atom stereocenters. The summed E-state index contributed by atoms with van der Waals surface area (Å²) in [5, 5.41) is 9.17. The van der Waals surface area contributed by atoms with E-state index in [-0.39, 0.29) is 6.61 Å². The Balaban J connectivity index is 2.15. The van der Waals surface area contributed by atoms with Gasteiger partial charge in [0.2, 0.25) is 0 Å². The van der Waals surface area contributed by atoms with Crippen LogP contribution in [0.1, 0.15) is 29.8 Å². The van der Waals surface area contributed by atoms with E-state index in [1.807, 2.05) is 0 Å². The third-order valence-electron chi connectivity index (χ3n) is 3.26. The van der Waals surface area contributed by atoms with Gasteiger partial charge in [0.25, 0.3) is 0 Å². The number of hydrogen-bond donors (Lipinski definition) is 1. The zero-order valence-electron chi connectivity index (χ0n) is 9.49. The Kier molecular flexibility index (Phi) is 3.12. The smallest absolute Gasteiger partial charge is 0.0754 e. The van der Waals surface area contributed by atoms with Crippen LogP contribution in [0.4, 0.5) is 0 Å².